The molecule has 0 spiro atoms. The first-order valence-corrected chi connectivity index (χ1v) is 5.02. The largest absolute Gasteiger partial charge is 0.244 e. The number of hydrogen-bond donors (Lipinski definition) is 0. The molecular formula is C11H20N2O. The van der Waals surface area contributed by atoms with Crippen LogP contribution in [0.1, 0.15) is 52.9 Å². The molecule has 3 nitrogen and oxygen atoms in total. The third-order valence-electron chi connectivity index (χ3n) is 1.96. The Balaban J connectivity index is 2.95. The van der Waals surface area contributed by atoms with Crippen molar-refractivity contribution in [2.75, 3.05) is 0 Å². The predicted octanol–water partition coefficient (Wildman–Crippen LogP) is 2.96. The van der Waals surface area contributed by atoms with Gasteiger partial charge in [-0.05, 0) is 11.8 Å². The van der Waals surface area contributed by atoms with Gasteiger partial charge in [-0.15, -0.1) is 0 Å². The smallest absolute Gasteiger partial charge is 0.113 e. The molecule has 0 N–H and O–H groups in total. The third kappa shape index (κ3) is 2.82. The molecule has 80 valence electrons. The Morgan fingerprint density at radius 2 is 1.57 bits per heavy atom. The maximum Gasteiger partial charge on any atom is 0.113 e. The molecule has 0 amide bonds. The van der Waals surface area contributed by atoms with Gasteiger partial charge in [0.1, 0.15) is 11.4 Å². The van der Waals surface area contributed by atoms with Crippen LogP contribution in [0.15, 0.2) is 4.63 Å². The van der Waals surface area contributed by atoms with Crippen molar-refractivity contribution in [3.63, 3.8) is 0 Å². The summed E-state index contributed by atoms with van der Waals surface area (Å²) in [5, 5.41) is 7.97. The fourth-order valence-electron chi connectivity index (χ4n) is 1.39. The highest BCUT2D eigenvalue weighted by atomic mass is 16.6. The van der Waals surface area contributed by atoms with E-state index in [-0.39, 0.29) is 10.8 Å². The van der Waals surface area contributed by atoms with Gasteiger partial charge in [0.25, 0.3) is 0 Å². The van der Waals surface area contributed by atoms with Crippen LogP contribution >= 0.6 is 0 Å². The average Bonchev–Trinajstić information content (AvgIpc) is 2.29. The third-order valence-corrected chi connectivity index (χ3v) is 1.96. The van der Waals surface area contributed by atoms with Crippen LogP contribution in [0.2, 0.25) is 0 Å². The second-order valence-electron chi connectivity index (χ2n) is 6.05. The SMILES string of the molecule is CC(C)(C)Cc1nonc1C(C)(C)C. The Hall–Kier alpha value is -0.860. The molecular weight excluding hydrogens is 176 g/mol. The molecule has 1 aromatic heterocycles. The molecule has 1 rings (SSSR count). The van der Waals surface area contributed by atoms with Gasteiger partial charge < -0.3 is 0 Å². The maximum atomic E-state index is 4.82. The molecule has 1 aromatic rings. The van der Waals surface area contributed by atoms with Crippen LogP contribution < -0.4 is 0 Å². The van der Waals surface area contributed by atoms with Gasteiger partial charge in [-0.2, -0.15) is 0 Å². The average molecular weight is 196 g/mol. The monoisotopic (exact) mass is 196 g/mol. The van der Waals surface area contributed by atoms with Crippen molar-refractivity contribution < 1.29 is 4.63 Å². The van der Waals surface area contributed by atoms with Crippen LogP contribution in [0.3, 0.4) is 0 Å². The number of aromatic nitrogens is 2. The van der Waals surface area contributed by atoms with Gasteiger partial charge in [0, 0.05) is 5.41 Å². The van der Waals surface area contributed by atoms with Gasteiger partial charge in [0.2, 0.25) is 0 Å². The second kappa shape index (κ2) is 3.37. The van der Waals surface area contributed by atoms with E-state index in [1.54, 1.807) is 0 Å². The lowest BCUT2D eigenvalue weighted by atomic mass is 9.84. The zero-order chi connectivity index (χ0) is 11.0. The first kappa shape index (κ1) is 11.2. The Bertz CT molecular complexity index is 302. The van der Waals surface area contributed by atoms with Gasteiger partial charge in [-0.3, -0.25) is 0 Å². The normalized spacial score (nSPS) is 13.3. The first-order valence-electron chi connectivity index (χ1n) is 5.02. The Morgan fingerprint density at radius 1 is 1.00 bits per heavy atom. The molecule has 0 saturated heterocycles. The van der Waals surface area contributed by atoms with Gasteiger partial charge >= 0.3 is 0 Å². The van der Waals surface area contributed by atoms with Crippen molar-refractivity contribution in [2.45, 2.75) is 53.4 Å². The summed E-state index contributed by atoms with van der Waals surface area (Å²) < 4.78 is 4.82. The molecule has 14 heavy (non-hydrogen) atoms. The van der Waals surface area contributed by atoms with Crippen molar-refractivity contribution in [1.82, 2.24) is 10.3 Å². The van der Waals surface area contributed by atoms with E-state index in [2.05, 4.69) is 51.9 Å². The summed E-state index contributed by atoms with van der Waals surface area (Å²) in [5.74, 6) is 0. The summed E-state index contributed by atoms with van der Waals surface area (Å²) in [5.41, 5.74) is 2.21. The molecule has 0 bridgehead atoms. The zero-order valence-electron chi connectivity index (χ0n) is 10.0. The fraction of sp³-hybridized carbons (Fsp3) is 0.818. The topological polar surface area (TPSA) is 38.9 Å². The Kier molecular flexibility index (Phi) is 2.70. The van der Waals surface area contributed by atoms with E-state index < -0.39 is 0 Å². The summed E-state index contributed by atoms with van der Waals surface area (Å²) in [6.45, 7) is 12.9. The fourth-order valence-corrected chi connectivity index (χ4v) is 1.39. The Morgan fingerprint density at radius 3 is 2.00 bits per heavy atom. The lowest BCUT2D eigenvalue weighted by Crippen LogP contribution is -2.18. The van der Waals surface area contributed by atoms with E-state index >= 15 is 0 Å². The summed E-state index contributed by atoms with van der Waals surface area (Å²) in [4.78, 5) is 0. The molecule has 0 aliphatic rings. The number of rotatable bonds is 1. The lowest BCUT2D eigenvalue weighted by Gasteiger charge is -2.20. The minimum Gasteiger partial charge on any atom is -0.244 e. The molecule has 0 radical (unpaired) electrons. The second-order valence-corrected chi connectivity index (χ2v) is 6.05. The summed E-state index contributed by atoms with van der Waals surface area (Å²) in [7, 11) is 0. The number of nitrogens with zero attached hydrogens (tertiary/aromatic N) is 2. The quantitative estimate of drug-likeness (QED) is 0.693. The van der Waals surface area contributed by atoms with Crippen LogP contribution in [-0.4, -0.2) is 10.3 Å². The van der Waals surface area contributed by atoms with Crippen LogP contribution in [0.25, 0.3) is 0 Å². The summed E-state index contributed by atoms with van der Waals surface area (Å²) in [6.07, 6.45) is 0.906. The molecule has 0 aromatic carbocycles. The van der Waals surface area contributed by atoms with E-state index in [0.29, 0.717) is 0 Å². The van der Waals surface area contributed by atoms with E-state index in [4.69, 9.17) is 4.63 Å². The van der Waals surface area contributed by atoms with E-state index in [1.165, 1.54) is 0 Å². The zero-order valence-corrected chi connectivity index (χ0v) is 10.0. The first-order chi connectivity index (χ1) is 6.20. The van der Waals surface area contributed by atoms with Gasteiger partial charge in [-0.1, -0.05) is 51.9 Å². The molecule has 0 atom stereocenters. The van der Waals surface area contributed by atoms with Gasteiger partial charge in [-0.25, -0.2) is 4.63 Å². The van der Waals surface area contributed by atoms with E-state index in [9.17, 15) is 0 Å². The lowest BCUT2D eigenvalue weighted by molar-refractivity contribution is 0.290. The van der Waals surface area contributed by atoms with Crippen LogP contribution in [0, 0.1) is 5.41 Å². The standard InChI is InChI=1S/C11H20N2O/c1-10(2,3)7-8-9(11(4,5)6)13-14-12-8/h7H2,1-6H3. The van der Waals surface area contributed by atoms with Gasteiger partial charge in [0.05, 0.1) is 0 Å². The maximum absolute atomic E-state index is 4.82. The molecule has 0 saturated carbocycles. The van der Waals surface area contributed by atoms with Gasteiger partial charge in [0.15, 0.2) is 0 Å². The molecule has 1 heterocycles. The molecule has 3 heteroatoms. The molecule has 0 unspecified atom stereocenters. The number of hydrogen-bond acceptors (Lipinski definition) is 3. The van der Waals surface area contributed by atoms with Crippen molar-refractivity contribution in [3.05, 3.63) is 11.4 Å². The van der Waals surface area contributed by atoms with Crippen molar-refractivity contribution in [3.8, 4) is 0 Å². The van der Waals surface area contributed by atoms with Crippen LogP contribution in [0.5, 0.6) is 0 Å². The van der Waals surface area contributed by atoms with Crippen molar-refractivity contribution >= 4 is 0 Å². The highest BCUT2D eigenvalue weighted by Crippen LogP contribution is 2.27. The van der Waals surface area contributed by atoms with Crippen molar-refractivity contribution in [1.29, 1.82) is 0 Å². The minimum absolute atomic E-state index is 0.0145. The van der Waals surface area contributed by atoms with E-state index in [1.807, 2.05) is 0 Å². The Labute approximate surface area is 85.9 Å². The van der Waals surface area contributed by atoms with E-state index in [0.717, 1.165) is 17.8 Å². The summed E-state index contributed by atoms with van der Waals surface area (Å²) in [6, 6.07) is 0. The molecule has 0 aliphatic carbocycles. The predicted molar refractivity (Wildman–Crippen MR) is 56.2 cm³/mol. The van der Waals surface area contributed by atoms with Crippen LogP contribution in [-0.2, 0) is 11.8 Å². The summed E-state index contributed by atoms with van der Waals surface area (Å²) >= 11 is 0. The minimum atomic E-state index is 0.0145. The molecule has 0 aliphatic heterocycles. The van der Waals surface area contributed by atoms with Crippen molar-refractivity contribution in [2.24, 2.45) is 5.41 Å². The highest BCUT2D eigenvalue weighted by Gasteiger charge is 2.26. The molecule has 0 fully saturated rings. The van der Waals surface area contributed by atoms with Crippen LogP contribution in [0.4, 0.5) is 0 Å². The highest BCUT2D eigenvalue weighted by molar-refractivity contribution is 5.17.